The summed E-state index contributed by atoms with van der Waals surface area (Å²) in [5.74, 6) is 0.0599. The van der Waals surface area contributed by atoms with Gasteiger partial charge in [-0.1, -0.05) is 77.9 Å². The average molecular weight is 510 g/mol. The van der Waals surface area contributed by atoms with E-state index in [1.165, 1.54) is 4.90 Å². The van der Waals surface area contributed by atoms with Crippen LogP contribution in [0, 0.1) is 13.8 Å². The summed E-state index contributed by atoms with van der Waals surface area (Å²) in [7, 11) is 0. The predicted octanol–water partition coefficient (Wildman–Crippen LogP) is 6.10. The summed E-state index contributed by atoms with van der Waals surface area (Å²) in [6, 6.07) is 25.4. The zero-order chi connectivity index (χ0) is 27.3. The Hall–Kier alpha value is -4.39. The SMILES string of the molecule is Cc1ccc(-c2cn(-c3ccc(C)cc3)c(NC(=O)CN(Cc3ccccc3)C(=O)NC(C)(C)C)n2)cc1. The third kappa shape index (κ3) is 7.09. The van der Waals surface area contributed by atoms with Gasteiger partial charge in [-0.3, -0.25) is 14.7 Å². The van der Waals surface area contributed by atoms with E-state index in [0.29, 0.717) is 12.5 Å². The molecule has 0 radical (unpaired) electrons. The van der Waals surface area contributed by atoms with Crippen LogP contribution in [0.2, 0.25) is 0 Å². The molecule has 7 nitrogen and oxygen atoms in total. The van der Waals surface area contributed by atoms with Gasteiger partial charge in [-0.2, -0.15) is 0 Å². The Bertz CT molecular complexity index is 1390. The standard InChI is InChI=1S/C31H35N5O2/c1-22-11-15-25(16-12-22)27-20-36(26-17-13-23(2)14-18-26)29(32-27)33-28(37)21-35(30(38)34-31(3,4)5)19-24-9-7-6-8-10-24/h6-18,20H,19,21H2,1-5H3,(H,34,38)(H,32,33,37). The molecule has 4 aromatic rings. The Balaban J connectivity index is 1.61. The van der Waals surface area contributed by atoms with Gasteiger partial charge in [0.25, 0.3) is 0 Å². The highest BCUT2D eigenvalue weighted by Gasteiger charge is 2.23. The summed E-state index contributed by atoms with van der Waals surface area (Å²) in [6.07, 6.45) is 1.92. The molecule has 196 valence electrons. The van der Waals surface area contributed by atoms with Gasteiger partial charge >= 0.3 is 6.03 Å². The highest BCUT2D eigenvalue weighted by atomic mass is 16.2. The number of nitrogens with one attached hydrogen (secondary N) is 2. The molecule has 0 saturated heterocycles. The van der Waals surface area contributed by atoms with Gasteiger partial charge in [-0.05, 0) is 52.3 Å². The molecule has 38 heavy (non-hydrogen) atoms. The minimum Gasteiger partial charge on any atom is -0.333 e. The van der Waals surface area contributed by atoms with Gasteiger partial charge in [-0.25, -0.2) is 9.78 Å². The molecule has 0 fully saturated rings. The zero-order valence-corrected chi connectivity index (χ0v) is 22.7. The van der Waals surface area contributed by atoms with E-state index in [-0.39, 0.29) is 18.5 Å². The Labute approximate surface area is 224 Å². The number of amides is 3. The lowest BCUT2D eigenvalue weighted by Gasteiger charge is -2.28. The quantitative estimate of drug-likeness (QED) is 0.316. The number of hydrogen-bond donors (Lipinski definition) is 2. The maximum absolute atomic E-state index is 13.3. The third-order valence-corrected chi connectivity index (χ3v) is 5.94. The van der Waals surface area contributed by atoms with Crippen LogP contribution >= 0.6 is 0 Å². The van der Waals surface area contributed by atoms with Crippen LogP contribution in [0.5, 0.6) is 0 Å². The van der Waals surface area contributed by atoms with Crippen molar-refractivity contribution in [1.29, 1.82) is 0 Å². The molecule has 0 aliphatic carbocycles. The van der Waals surface area contributed by atoms with Crippen LogP contribution in [0.1, 0.15) is 37.5 Å². The topological polar surface area (TPSA) is 79.3 Å². The van der Waals surface area contributed by atoms with Crippen LogP contribution in [0.3, 0.4) is 0 Å². The third-order valence-electron chi connectivity index (χ3n) is 5.94. The maximum atomic E-state index is 13.3. The summed E-state index contributed by atoms with van der Waals surface area (Å²) in [5, 5.41) is 5.92. The highest BCUT2D eigenvalue weighted by molar-refractivity contribution is 5.93. The molecule has 1 aromatic heterocycles. The molecule has 0 aliphatic rings. The number of rotatable bonds is 7. The molecule has 4 rings (SSSR count). The minimum absolute atomic E-state index is 0.128. The Morgan fingerprint density at radius 1 is 0.868 bits per heavy atom. The van der Waals surface area contributed by atoms with Crippen LogP contribution in [-0.2, 0) is 11.3 Å². The number of imidazole rings is 1. The Morgan fingerprint density at radius 2 is 1.47 bits per heavy atom. The largest absolute Gasteiger partial charge is 0.333 e. The molecule has 0 spiro atoms. The lowest BCUT2D eigenvalue weighted by atomic mass is 10.1. The first-order valence-electron chi connectivity index (χ1n) is 12.7. The van der Waals surface area contributed by atoms with Gasteiger partial charge in [0, 0.05) is 29.5 Å². The van der Waals surface area contributed by atoms with Gasteiger partial charge in [0.1, 0.15) is 6.54 Å². The fourth-order valence-corrected chi connectivity index (χ4v) is 3.97. The summed E-state index contributed by atoms with van der Waals surface area (Å²) in [4.78, 5) is 32.7. The number of aryl methyl sites for hydroxylation is 2. The Kier molecular flexibility index (Phi) is 7.96. The summed E-state index contributed by atoms with van der Waals surface area (Å²) in [6.45, 7) is 9.98. The first-order chi connectivity index (χ1) is 18.1. The predicted molar refractivity (Wildman–Crippen MR) is 152 cm³/mol. The van der Waals surface area contributed by atoms with Crippen LogP contribution in [-0.4, -0.2) is 38.5 Å². The molecular weight excluding hydrogens is 474 g/mol. The number of nitrogens with zero attached hydrogens (tertiary/aromatic N) is 3. The summed E-state index contributed by atoms with van der Waals surface area (Å²) >= 11 is 0. The molecule has 7 heteroatoms. The van der Waals surface area contributed by atoms with Crippen molar-refractivity contribution in [3.8, 4) is 16.9 Å². The number of anilines is 1. The van der Waals surface area contributed by atoms with Gasteiger partial charge in [0.2, 0.25) is 11.9 Å². The summed E-state index contributed by atoms with van der Waals surface area (Å²) in [5.41, 5.74) is 5.37. The molecule has 0 unspecified atom stereocenters. The van der Waals surface area contributed by atoms with Crippen LogP contribution in [0.25, 0.3) is 16.9 Å². The lowest BCUT2D eigenvalue weighted by Crippen LogP contribution is -2.50. The first-order valence-corrected chi connectivity index (χ1v) is 12.7. The second-order valence-electron chi connectivity index (χ2n) is 10.6. The van der Waals surface area contributed by atoms with Crippen LogP contribution < -0.4 is 10.6 Å². The maximum Gasteiger partial charge on any atom is 0.318 e. The second kappa shape index (κ2) is 11.3. The van der Waals surface area contributed by atoms with Crippen molar-refractivity contribution in [1.82, 2.24) is 19.8 Å². The number of hydrogen-bond acceptors (Lipinski definition) is 3. The van der Waals surface area contributed by atoms with Gasteiger partial charge in [-0.15, -0.1) is 0 Å². The molecular formula is C31H35N5O2. The molecule has 1 heterocycles. The van der Waals surface area contributed by atoms with E-state index in [0.717, 1.165) is 33.6 Å². The van der Waals surface area contributed by atoms with E-state index < -0.39 is 5.54 Å². The van der Waals surface area contributed by atoms with Crippen molar-refractivity contribution < 1.29 is 9.59 Å². The van der Waals surface area contributed by atoms with Gasteiger partial charge < -0.3 is 10.2 Å². The number of carbonyl (C=O) groups excluding carboxylic acids is 2. The fraction of sp³-hybridized carbons (Fsp3) is 0.258. The smallest absolute Gasteiger partial charge is 0.318 e. The zero-order valence-electron chi connectivity index (χ0n) is 22.7. The second-order valence-corrected chi connectivity index (χ2v) is 10.6. The minimum atomic E-state index is -0.437. The number of carbonyl (C=O) groups is 2. The van der Waals surface area contributed by atoms with E-state index >= 15 is 0 Å². The molecule has 0 saturated carbocycles. The van der Waals surface area contributed by atoms with E-state index in [1.807, 2.05) is 124 Å². The lowest BCUT2D eigenvalue weighted by molar-refractivity contribution is -0.117. The van der Waals surface area contributed by atoms with E-state index in [9.17, 15) is 9.59 Å². The van der Waals surface area contributed by atoms with E-state index in [2.05, 4.69) is 10.6 Å². The van der Waals surface area contributed by atoms with E-state index in [1.54, 1.807) is 0 Å². The van der Waals surface area contributed by atoms with Crippen molar-refractivity contribution >= 4 is 17.9 Å². The van der Waals surface area contributed by atoms with Crippen molar-refractivity contribution in [2.24, 2.45) is 0 Å². The number of aromatic nitrogens is 2. The Morgan fingerprint density at radius 3 is 2.08 bits per heavy atom. The fourth-order valence-electron chi connectivity index (χ4n) is 3.97. The van der Waals surface area contributed by atoms with E-state index in [4.69, 9.17) is 4.98 Å². The summed E-state index contributed by atoms with van der Waals surface area (Å²) < 4.78 is 1.86. The molecule has 0 bridgehead atoms. The van der Waals surface area contributed by atoms with Crippen molar-refractivity contribution in [2.75, 3.05) is 11.9 Å². The normalized spacial score (nSPS) is 11.2. The molecule has 3 aromatic carbocycles. The molecule has 0 aliphatic heterocycles. The first kappa shape index (κ1) is 26.7. The van der Waals surface area contributed by atoms with Gasteiger partial charge in [0.05, 0.1) is 5.69 Å². The molecule has 2 N–H and O–H groups in total. The number of benzene rings is 3. The van der Waals surface area contributed by atoms with Crippen LogP contribution in [0.4, 0.5) is 10.7 Å². The van der Waals surface area contributed by atoms with Gasteiger partial charge in [0.15, 0.2) is 0 Å². The van der Waals surface area contributed by atoms with Crippen molar-refractivity contribution in [3.05, 3.63) is 102 Å². The molecule has 3 amide bonds. The van der Waals surface area contributed by atoms with Crippen molar-refractivity contribution in [3.63, 3.8) is 0 Å². The van der Waals surface area contributed by atoms with Crippen LogP contribution in [0.15, 0.2) is 85.1 Å². The molecule has 0 atom stereocenters. The monoisotopic (exact) mass is 509 g/mol. The number of urea groups is 1. The van der Waals surface area contributed by atoms with Crippen molar-refractivity contribution in [2.45, 2.75) is 46.7 Å². The highest BCUT2D eigenvalue weighted by Crippen LogP contribution is 2.25. The average Bonchev–Trinajstić information content (AvgIpc) is 3.27.